The third kappa shape index (κ3) is 4.65. The Kier molecular flexibility index (Phi) is 7.26. The lowest BCUT2D eigenvalue weighted by Crippen LogP contribution is -2.52. The summed E-state index contributed by atoms with van der Waals surface area (Å²) in [6.07, 6.45) is 9.96. The van der Waals surface area contributed by atoms with Gasteiger partial charge in [0.05, 0.1) is 5.92 Å². The number of ether oxygens (including phenoxy) is 3. The summed E-state index contributed by atoms with van der Waals surface area (Å²) < 4.78 is 18.0. The van der Waals surface area contributed by atoms with Gasteiger partial charge in [0.25, 0.3) is 0 Å². The lowest BCUT2D eigenvalue weighted by atomic mass is 9.83. The molecule has 0 saturated carbocycles. The SMILES string of the molecule is CS[C@H]1O[C@@H](c2ccc(Br)c(C(C3=CC=CCC3)C3=COC=CO3)c2)[C@H](O)[C@@H](O)[C@@H]1O. The van der Waals surface area contributed by atoms with E-state index >= 15 is 0 Å². The highest BCUT2D eigenvalue weighted by molar-refractivity contribution is 9.10. The first-order valence-corrected chi connectivity index (χ1v) is 12.1. The van der Waals surface area contributed by atoms with E-state index in [1.54, 1.807) is 12.5 Å². The van der Waals surface area contributed by atoms with Crippen LogP contribution in [0.15, 0.2) is 71.0 Å². The molecule has 4 rings (SSSR count). The molecular formula is C23H25BrO6S. The van der Waals surface area contributed by atoms with E-state index in [-0.39, 0.29) is 5.92 Å². The standard InChI is InChI=1S/C23H25BrO6S/c1-31-23-21(27)19(25)20(26)22(30-23)14-7-8-16(24)15(11-14)18(13-5-3-2-4-6-13)17-12-28-9-10-29-17/h2-3,5,7-12,18-23,25-27H,4,6H2,1H3/t18?,19-,20-,21+,22+,23-/m1/s1. The predicted octanol–water partition coefficient (Wildman–Crippen LogP) is 4.01. The van der Waals surface area contributed by atoms with Crippen LogP contribution in [0.1, 0.15) is 36.0 Å². The minimum Gasteiger partial charge on any atom is -0.466 e. The van der Waals surface area contributed by atoms with E-state index in [0.29, 0.717) is 11.3 Å². The van der Waals surface area contributed by atoms with Gasteiger partial charge in [0.2, 0.25) is 0 Å². The molecule has 0 bridgehead atoms. The average Bonchev–Trinajstić information content (AvgIpc) is 2.81. The fourth-order valence-corrected chi connectivity index (χ4v) is 5.23. The van der Waals surface area contributed by atoms with Gasteiger partial charge in [-0.3, -0.25) is 0 Å². The molecule has 3 N–H and O–H groups in total. The Morgan fingerprint density at radius 3 is 2.65 bits per heavy atom. The highest BCUT2D eigenvalue weighted by Gasteiger charge is 2.44. The molecule has 6 nitrogen and oxygen atoms in total. The Morgan fingerprint density at radius 2 is 1.97 bits per heavy atom. The third-order valence-corrected chi connectivity index (χ3v) is 7.26. The Balaban J connectivity index is 1.74. The number of thioether (sulfide) groups is 1. The van der Waals surface area contributed by atoms with Crippen LogP contribution in [-0.2, 0) is 14.2 Å². The highest BCUT2D eigenvalue weighted by Crippen LogP contribution is 2.43. The normalized spacial score (nSPS) is 31.3. The molecule has 2 heterocycles. The van der Waals surface area contributed by atoms with Crippen molar-refractivity contribution in [2.75, 3.05) is 6.26 Å². The van der Waals surface area contributed by atoms with Crippen molar-refractivity contribution in [1.82, 2.24) is 0 Å². The topological polar surface area (TPSA) is 88.4 Å². The number of rotatable bonds is 5. The molecule has 0 spiro atoms. The number of aliphatic hydroxyl groups excluding tert-OH is 3. The molecule has 8 heteroatoms. The van der Waals surface area contributed by atoms with Crippen molar-refractivity contribution in [2.45, 2.75) is 48.6 Å². The summed E-state index contributed by atoms with van der Waals surface area (Å²) >= 11 is 4.96. The molecule has 1 saturated heterocycles. The van der Waals surface area contributed by atoms with Gasteiger partial charge in [0.15, 0.2) is 0 Å². The smallest absolute Gasteiger partial charge is 0.150 e. The van der Waals surface area contributed by atoms with E-state index in [2.05, 4.69) is 28.1 Å². The molecular weight excluding hydrogens is 484 g/mol. The lowest BCUT2D eigenvalue weighted by Gasteiger charge is -2.40. The van der Waals surface area contributed by atoms with Crippen LogP contribution in [-0.4, -0.2) is 45.3 Å². The number of benzene rings is 1. The van der Waals surface area contributed by atoms with Crippen molar-refractivity contribution in [3.8, 4) is 0 Å². The van der Waals surface area contributed by atoms with E-state index in [1.165, 1.54) is 29.9 Å². The number of aliphatic hydroxyl groups is 3. The lowest BCUT2D eigenvalue weighted by molar-refractivity contribution is -0.200. The minimum absolute atomic E-state index is 0.197. The number of halogens is 1. The van der Waals surface area contributed by atoms with E-state index in [9.17, 15) is 15.3 Å². The maximum absolute atomic E-state index is 10.6. The summed E-state index contributed by atoms with van der Waals surface area (Å²) in [5.41, 5.74) is 2.18. The first-order chi connectivity index (χ1) is 15.0. The summed E-state index contributed by atoms with van der Waals surface area (Å²) in [5.74, 6) is 0.460. The van der Waals surface area contributed by atoms with E-state index in [1.807, 2.05) is 24.3 Å². The van der Waals surface area contributed by atoms with Gasteiger partial charge >= 0.3 is 0 Å². The molecule has 2 aliphatic heterocycles. The molecule has 0 amide bonds. The van der Waals surface area contributed by atoms with Crippen LogP contribution in [0.2, 0.25) is 0 Å². The number of hydrogen-bond acceptors (Lipinski definition) is 7. The van der Waals surface area contributed by atoms with Crippen LogP contribution in [0.3, 0.4) is 0 Å². The summed E-state index contributed by atoms with van der Waals surface area (Å²) in [6.45, 7) is 0. The van der Waals surface area contributed by atoms with Gasteiger partial charge in [-0.15, -0.1) is 11.8 Å². The zero-order valence-electron chi connectivity index (χ0n) is 16.9. The van der Waals surface area contributed by atoms with Crippen molar-refractivity contribution in [1.29, 1.82) is 0 Å². The second-order valence-electron chi connectivity index (χ2n) is 7.60. The molecule has 3 aliphatic rings. The van der Waals surface area contributed by atoms with Gasteiger partial charge in [0.1, 0.15) is 54.4 Å². The first-order valence-electron chi connectivity index (χ1n) is 10.1. The molecule has 6 atom stereocenters. The van der Waals surface area contributed by atoms with E-state index in [4.69, 9.17) is 14.2 Å². The fourth-order valence-electron chi connectivity index (χ4n) is 4.08. The van der Waals surface area contributed by atoms with Crippen LogP contribution in [0.25, 0.3) is 0 Å². The van der Waals surface area contributed by atoms with Gasteiger partial charge < -0.3 is 29.5 Å². The zero-order chi connectivity index (χ0) is 22.0. The van der Waals surface area contributed by atoms with Gasteiger partial charge in [-0.25, -0.2) is 0 Å². The fraction of sp³-hybridized carbons (Fsp3) is 0.391. The van der Waals surface area contributed by atoms with Gasteiger partial charge in [-0.1, -0.05) is 51.9 Å². The molecule has 1 unspecified atom stereocenters. The highest BCUT2D eigenvalue weighted by atomic mass is 79.9. The molecule has 1 aliphatic carbocycles. The minimum atomic E-state index is -1.30. The molecule has 166 valence electrons. The van der Waals surface area contributed by atoms with E-state index < -0.39 is 29.9 Å². The molecule has 1 aromatic rings. The van der Waals surface area contributed by atoms with Crippen LogP contribution in [0.5, 0.6) is 0 Å². The quantitative estimate of drug-likeness (QED) is 0.553. The van der Waals surface area contributed by atoms with Crippen molar-refractivity contribution in [3.63, 3.8) is 0 Å². The predicted molar refractivity (Wildman–Crippen MR) is 122 cm³/mol. The molecule has 1 fully saturated rings. The van der Waals surface area contributed by atoms with Crippen molar-refractivity contribution in [3.05, 3.63) is 82.1 Å². The van der Waals surface area contributed by atoms with Crippen molar-refractivity contribution < 1.29 is 29.5 Å². The Morgan fingerprint density at radius 1 is 1.13 bits per heavy atom. The van der Waals surface area contributed by atoms with Crippen molar-refractivity contribution in [2.24, 2.45) is 0 Å². The third-order valence-electron chi connectivity index (χ3n) is 5.69. The van der Waals surface area contributed by atoms with E-state index in [0.717, 1.165) is 22.9 Å². The van der Waals surface area contributed by atoms with Crippen molar-refractivity contribution >= 4 is 27.7 Å². The Labute approximate surface area is 194 Å². The van der Waals surface area contributed by atoms with Crippen LogP contribution >= 0.6 is 27.7 Å². The zero-order valence-corrected chi connectivity index (χ0v) is 19.3. The molecule has 0 radical (unpaired) electrons. The second kappa shape index (κ2) is 9.94. The largest absolute Gasteiger partial charge is 0.466 e. The summed E-state index contributed by atoms with van der Waals surface area (Å²) in [4.78, 5) is 0. The average molecular weight is 509 g/mol. The summed E-state index contributed by atoms with van der Waals surface area (Å²) in [7, 11) is 0. The monoisotopic (exact) mass is 508 g/mol. The van der Waals surface area contributed by atoms with Gasteiger partial charge in [0, 0.05) is 4.47 Å². The van der Waals surface area contributed by atoms with Crippen LogP contribution in [0, 0.1) is 0 Å². The van der Waals surface area contributed by atoms with Crippen LogP contribution < -0.4 is 0 Å². The molecule has 1 aromatic carbocycles. The van der Waals surface area contributed by atoms with Crippen LogP contribution in [0.4, 0.5) is 0 Å². The van der Waals surface area contributed by atoms with Gasteiger partial charge in [-0.05, 0) is 36.3 Å². The summed E-state index contributed by atoms with van der Waals surface area (Å²) in [6, 6.07) is 5.70. The summed E-state index contributed by atoms with van der Waals surface area (Å²) in [5, 5.41) is 31.2. The molecule has 31 heavy (non-hydrogen) atoms. The molecule has 0 aromatic heterocycles. The first kappa shape index (κ1) is 22.6. The maximum atomic E-state index is 10.6. The number of hydrogen-bond donors (Lipinski definition) is 3. The number of allylic oxidation sites excluding steroid dienone is 4. The second-order valence-corrected chi connectivity index (χ2v) is 9.39. The Hall–Kier alpha value is -1.55. The maximum Gasteiger partial charge on any atom is 0.150 e. The van der Waals surface area contributed by atoms with Gasteiger partial charge in [-0.2, -0.15) is 0 Å². The Bertz CT molecular complexity index is 925.